The molecule has 0 saturated carbocycles. The number of carbonyl (C=O) groups is 1. The van der Waals surface area contributed by atoms with Crippen LogP contribution in [0.25, 0.3) is 32.9 Å². The fourth-order valence-electron chi connectivity index (χ4n) is 2.97. The van der Waals surface area contributed by atoms with E-state index in [4.69, 9.17) is 8.83 Å². The molecule has 142 valence electrons. The van der Waals surface area contributed by atoms with Crippen LogP contribution in [0.5, 0.6) is 0 Å². The van der Waals surface area contributed by atoms with E-state index in [1.165, 1.54) is 11.3 Å². The third-order valence-electron chi connectivity index (χ3n) is 4.26. The number of amides is 1. The minimum atomic E-state index is -0.483. The van der Waals surface area contributed by atoms with Gasteiger partial charge in [0.15, 0.2) is 16.6 Å². The van der Waals surface area contributed by atoms with E-state index in [2.05, 4.69) is 20.5 Å². The number of anilines is 1. The third-order valence-corrected chi connectivity index (χ3v) is 5.24. The quantitative estimate of drug-likeness (QED) is 0.465. The van der Waals surface area contributed by atoms with Crippen molar-refractivity contribution in [2.75, 3.05) is 5.32 Å². The van der Waals surface area contributed by atoms with Gasteiger partial charge in [0.05, 0.1) is 17.9 Å². The molecule has 0 radical (unpaired) electrons. The summed E-state index contributed by atoms with van der Waals surface area (Å²) in [6.07, 6.45) is 3.12. The number of H-pyrrole nitrogens is 1. The van der Waals surface area contributed by atoms with E-state index in [1.54, 1.807) is 55.0 Å². The number of nitrogens with one attached hydrogen (secondary N) is 2. The molecule has 0 spiro atoms. The maximum Gasteiger partial charge on any atom is 0.278 e. The van der Waals surface area contributed by atoms with Crippen LogP contribution in [0.3, 0.4) is 0 Å². The maximum absolute atomic E-state index is 12.9. The highest BCUT2D eigenvalue weighted by molar-refractivity contribution is 7.19. The Kier molecular flexibility index (Phi) is 4.07. The predicted octanol–water partition coefficient (Wildman–Crippen LogP) is 4.15. The smallest absolute Gasteiger partial charge is 0.278 e. The molecule has 9 heteroatoms. The van der Waals surface area contributed by atoms with Crippen LogP contribution < -0.4 is 10.9 Å². The highest BCUT2D eigenvalue weighted by atomic mass is 32.1. The van der Waals surface area contributed by atoms with E-state index >= 15 is 0 Å². The number of aromatic nitrogens is 3. The van der Waals surface area contributed by atoms with Gasteiger partial charge < -0.3 is 8.83 Å². The Hall–Kier alpha value is -3.98. The molecule has 1 amide bonds. The van der Waals surface area contributed by atoms with Crippen LogP contribution in [-0.2, 0) is 0 Å². The first-order valence-electron chi connectivity index (χ1n) is 8.58. The molecule has 8 nitrogen and oxygen atoms in total. The van der Waals surface area contributed by atoms with E-state index in [-0.39, 0.29) is 11.3 Å². The van der Waals surface area contributed by atoms with Crippen molar-refractivity contribution in [3.63, 3.8) is 0 Å². The minimum absolute atomic E-state index is 0.106. The first-order chi connectivity index (χ1) is 14.2. The Morgan fingerprint density at radius 3 is 2.41 bits per heavy atom. The predicted molar refractivity (Wildman–Crippen MR) is 108 cm³/mol. The molecule has 0 aliphatic rings. The van der Waals surface area contributed by atoms with Crippen LogP contribution in [0.1, 0.15) is 10.5 Å². The lowest BCUT2D eigenvalue weighted by atomic mass is 10.1. The zero-order valence-electron chi connectivity index (χ0n) is 14.7. The van der Waals surface area contributed by atoms with Crippen LogP contribution in [0, 0.1) is 0 Å². The van der Waals surface area contributed by atoms with Gasteiger partial charge in [-0.15, -0.1) is 0 Å². The maximum atomic E-state index is 12.9. The zero-order chi connectivity index (χ0) is 19.8. The van der Waals surface area contributed by atoms with Gasteiger partial charge in [-0.3, -0.25) is 14.9 Å². The third kappa shape index (κ3) is 3.03. The summed E-state index contributed by atoms with van der Waals surface area (Å²) in [6, 6.07) is 13.9. The average Bonchev–Trinajstić information content (AvgIpc) is 3.49. The number of fused-ring (bicyclic) bond motifs is 1. The van der Waals surface area contributed by atoms with E-state index in [0.29, 0.717) is 33.1 Å². The minimum Gasteiger partial charge on any atom is -0.463 e. The SMILES string of the molecule is O=C(Nc1nc(-c2ccco2)c(-c2ccco2)s1)c1n[nH]c(=O)c2ccccc12. The Morgan fingerprint density at radius 2 is 1.69 bits per heavy atom. The van der Waals surface area contributed by atoms with Crippen LogP contribution in [0.2, 0.25) is 0 Å². The van der Waals surface area contributed by atoms with E-state index in [9.17, 15) is 9.59 Å². The van der Waals surface area contributed by atoms with Crippen molar-refractivity contribution < 1.29 is 13.6 Å². The highest BCUT2D eigenvalue weighted by Gasteiger charge is 2.21. The molecule has 2 N–H and O–H groups in total. The molecule has 0 unspecified atom stereocenters. The van der Waals surface area contributed by atoms with Crippen LogP contribution in [0.4, 0.5) is 5.13 Å². The molecule has 5 aromatic rings. The number of aromatic amines is 1. The second-order valence-corrected chi connectivity index (χ2v) is 7.05. The number of hydrogen-bond acceptors (Lipinski definition) is 7. The van der Waals surface area contributed by atoms with Gasteiger partial charge in [-0.2, -0.15) is 5.10 Å². The van der Waals surface area contributed by atoms with Gasteiger partial charge in [0.1, 0.15) is 16.3 Å². The fourth-order valence-corrected chi connectivity index (χ4v) is 3.91. The van der Waals surface area contributed by atoms with E-state index in [1.807, 2.05) is 6.07 Å². The lowest BCUT2D eigenvalue weighted by molar-refractivity contribution is 0.102. The van der Waals surface area contributed by atoms with Crippen molar-refractivity contribution >= 4 is 33.1 Å². The number of nitrogens with zero attached hydrogens (tertiary/aromatic N) is 2. The Balaban J connectivity index is 1.55. The van der Waals surface area contributed by atoms with Gasteiger partial charge in [-0.1, -0.05) is 29.5 Å². The summed E-state index contributed by atoms with van der Waals surface area (Å²) in [5.41, 5.74) is 0.311. The summed E-state index contributed by atoms with van der Waals surface area (Å²) in [7, 11) is 0. The normalized spacial score (nSPS) is 11.0. The Labute approximate surface area is 166 Å². The number of furan rings is 2. The summed E-state index contributed by atoms with van der Waals surface area (Å²) < 4.78 is 11.0. The molecular formula is C20H12N4O4S. The summed E-state index contributed by atoms with van der Waals surface area (Å²) in [6.45, 7) is 0. The van der Waals surface area contributed by atoms with Gasteiger partial charge >= 0.3 is 0 Å². The molecule has 4 heterocycles. The molecule has 0 bridgehead atoms. The Morgan fingerprint density at radius 1 is 0.966 bits per heavy atom. The highest BCUT2D eigenvalue weighted by Crippen LogP contribution is 2.39. The first kappa shape index (κ1) is 17.1. The van der Waals surface area contributed by atoms with E-state index in [0.717, 1.165) is 4.88 Å². The van der Waals surface area contributed by atoms with Gasteiger partial charge in [-0.25, -0.2) is 10.1 Å². The second-order valence-electron chi connectivity index (χ2n) is 6.05. The molecule has 5 rings (SSSR count). The topological polar surface area (TPSA) is 114 Å². The summed E-state index contributed by atoms with van der Waals surface area (Å²) >= 11 is 1.25. The molecule has 1 aromatic carbocycles. The van der Waals surface area contributed by atoms with Crippen LogP contribution in [-0.4, -0.2) is 21.1 Å². The number of benzene rings is 1. The molecular weight excluding hydrogens is 392 g/mol. The summed E-state index contributed by atoms with van der Waals surface area (Å²) in [4.78, 5) is 30.0. The standard InChI is InChI=1S/C20H12N4O4S/c25-18-12-6-2-1-5-11(12)15(23-24-18)19(26)22-20-21-16(13-7-3-9-27-13)17(29-20)14-8-4-10-28-14/h1-10H,(H,24,25)(H,21,22,26). The van der Waals surface area contributed by atoms with Gasteiger partial charge in [0.2, 0.25) is 0 Å². The fraction of sp³-hybridized carbons (Fsp3) is 0. The van der Waals surface area contributed by atoms with Crippen molar-refractivity contribution in [2.24, 2.45) is 0 Å². The molecule has 0 fully saturated rings. The summed E-state index contributed by atoms with van der Waals surface area (Å²) in [5.74, 6) is 0.686. The summed E-state index contributed by atoms with van der Waals surface area (Å²) in [5, 5.41) is 10.2. The zero-order valence-corrected chi connectivity index (χ0v) is 15.5. The average molecular weight is 404 g/mol. The van der Waals surface area contributed by atoms with Gasteiger partial charge in [-0.05, 0) is 30.3 Å². The van der Waals surface area contributed by atoms with Crippen molar-refractivity contribution in [1.29, 1.82) is 0 Å². The molecule has 0 atom stereocenters. The number of hydrogen-bond donors (Lipinski definition) is 2. The largest absolute Gasteiger partial charge is 0.463 e. The number of carbonyl (C=O) groups excluding carboxylic acids is 1. The molecule has 4 aromatic heterocycles. The van der Waals surface area contributed by atoms with Gasteiger partial charge in [0.25, 0.3) is 11.5 Å². The molecule has 0 saturated heterocycles. The molecule has 29 heavy (non-hydrogen) atoms. The molecule has 0 aliphatic carbocycles. The van der Waals surface area contributed by atoms with Crippen molar-refractivity contribution in [1.82, 2.24) is 15.2 Å². The van der Waals surface area contributed by atoms with E-state index < -0.39 is 5.91 Å². The van der Waals surface area contributed by atoms with Crippen LogP contribution >= 0.6 is 11.3 Å². The lowest BCUT2D eigenvalue weighted by Gasteiger charge is -2.04. The van der Waals surface area contributed by atoms with Crippen molar-refractivity contribution in [3.05, 3.63) is 77.1 Å². The van der Waals surface area contributed by atoms with Gasteiger partial charge in [0, 0.05) is 5.39 Å². The van der Waals surface area contributed by atoms with Crippen molar-refractivity contribution in [2.45, 2.75) is 0 Å². The monoisotopic (exact) mass is 404 g/mol. The second kappa shape index (κ2) is 6.88. The number of thiazole rings is 1. The first-order valence-corrected chi connectivity index (χ1v) is 9.40. The Bertz CT molecular complexity index is 1320. The number of rotatable bonds is 4. The molecule has 0 aliphatic heterocycles. The van der Waals surface area contributed by atoms with Crippen LogP contribution in [0.15, 0.2) is 74.7 Å². The lowest BCUT2D eigenvalue weighted by Crippen LogP contribution is -2.19. The van der Waals surface area contributed by atoms with Crippen molar-refractivity contribution in [3.8, 4) is 22.1 Å².